The lowest BCUT2D eigenvalue weighted by Gasteiger charge is -2.13. The summed E-state index contributed by atoms with van der Waals surface area (Å²) in [5, 5.41) is 2.72. The summed E-state index contributed by atoms with van der Waals surface area (Å²) >= 11 is 1.50. The van der Waals surface area contributed by atoms with E-state index in [2.05, 4.69) is 4.98 Å². The van der Waals surface area contributed by atoms with Crippen molar-refractivity contribution in [2.45, 2.75) is 19.6 Å². The number of nitrogens with two attached hydrogens (primary N) is 1. The van der Waals surface area contributed by atoms with Gasteiger partial charge in [-0.05, 0) is 13.0 Å². The van der Waals surface area contributed by atoms with E-state index in [1.54, 1.807) is 12.3 Å². The molecule has 0 aliphatic carbocycles. The second-order valence-corrected chi connectivity index (χ2v) is 4.66. The third-order valence-electron chi connectivity index (χ3n) is 2.30. The van der Waals surface area contributed by atoms with Gasteiger partial charge in [-0.15, -0.1) is 11.3 Å². The molecule has 90 valence electrons. The zero-order valence-electron chi connectivity index (χ0n) is 9.39. The van der Waals surface area contributed by atoms with Gasteiger partial charge in [-0.3, -0.25) is 0 Å². The average Bonchev–Trinajstić information content (AvgIpc) is 2.78. The summed E-state index contributed by atoms with van der Waals surface area (Å²) in [4.78, 5) is 4.10. The molecule has 0 aliphatic heterocycles. The lowest BCUT2D eigenvalue weighted by atomic mass is 10.1. The molecule has 1 heterocycles. The van der Waals surface area contributed by atoms with Crippen LogP contribution in [0.5, 0.6) is 5.75 Å². The van der Waals surface area contributed by atoms with E-state index in [0.717, 1.165) is 10.6 Å². The molecule has 0 fully saturated rings. The van der Waals surface area contributed by atoms with Crippen LogP contribution in [-0.2, 0) is 6.61 Å². The Morgan fingerprint density at radius 3 is 3.00 bits per heavy atom. The number of hydrogen-bond acceptors (Lipinski definition) is 4. The van der Waals surface area contributed by atoms with Crippen molar-refractivity contribution in [3.8, 4) is 5.75 Å². The monoisotopic (exact) mass is 252 g/mol. The van der Waals surface area contributed by atoms with Gasteiger partial charge in [0.2, 0.25) is 0 Å². The average molecular weight is 252 g/mol. The first-order valence-corrected chi connectivity index (χ1v) is 6.11. The van der Waals surface area contributed by atoms with E-state index in [0.29, 0.717) is 12.4 Å². The van der Waals surface area contributed by atoms with Crippen molar-refractivity contribution in [1.82, 2.24) is 4.98 Å². The smallest absolute Gasteiger partial charge is 0.140 e. The largest absolute Gasteiger partial charge is 0.486 e. The van der Waals surface area contributed by atoms with E-state index < -0.39 is 0 Å². The molecule has 2 rings (SSSR count). The highest BCUT2D eigenvalue weighted by Crippen LogP contribution is 2.25. The van der Waals surface area contributed by atoms with Crippen LogP contribution in [0.4, 0.5) is 4.39 Å². The summed E-state index contributed by atoms with van der Waals surface area (Å²) in [5.41, 5.74) is 6.59. The Morgan fingerprint density at radius 2 is 2.35 bits per heavy atom. The predicted octanol–water partition coefficient (Wildman–Crippen LogP) is 2.88. The maximum absolute atomic E-state index is 13.1. The lowest BCUT2D eigenvalue weighted by Crippen LogP contribution is -2.08. The maximum atomic E-state index is 13.1. The molecule has 0 aliphatic rings. The van der Waals surface area contributed by atoms with Gasteiger partial charge in [-0.1, -0.05) is 6.07 Å². The van der Waals surface area contributed by atoms with Crippen molar-refractivity contribution in [1.29, 1.82) is 0 Å². The van der Waals surface area contributed by atoms with Crippen LogP contribution in [0.3, 0.4) is 0 Å². The molecule has 0 saturated heterocycles. The van der Waals surface area contributed by atoms with E-state index in [4.69, 9.17) is 10.5 Å². The molecule has 2 N–H and O–H groups in total. The topological polar surface area (TPSA) is 48.1 Å². The summed E-state index contributed by atoms with van der Waals surface area (Å²) in [6.45, 7) is 2.17. The van der Waals surface area contributed by atoms with E-state index in [9.17, 15) is 4.39 Å². The molecule has 17 heavy (non-hydrogen) atoms. The first kappa shape index (κ1) is 12.0. The number of thiazole rings is 1. The Morgan fingerprint density at radius 1 is 1.53 bits per heavy atom. The minimum atomic E-state index is -0.330. The van der Waals surface area contributed by atoms with E-state index >= 15 is 0 Å². The van der Waals surface area contributed by atoms with Gasteiger partial charge >= 0.3 is 0 Å². The molecule has 3 nitrogen and oxygen atoms in total. The Hall–Kier alpha value is -1.46. The van der Waals surface area contributed by atoms with Crippen molar-refractivity contribution >= 4 is 11.3 Å². The molecule has 0 saturated carbocycles. The summed E-state index contributed by atoms with van der Waals surface area (Å²) in [6.07, 6.45) is 1.71. The normalized spacial score (nSPS) is 12.4. The van der Waals surface area contributed by atoms with Gasteiger partial charge in [0, 0.05) is 29.2 Å². The van der Waals surface area contributed by atoms with Crippen LogP contribution in [0.1, 0.15) is 23.5 Å². The fourth-order valence-electron chi connectivity index (χ4n) is 1.47. The Labute approximate surface area is 103 Å². The molecule has 2 aromatic rings. The van der Waals surface area contributed by atoms with Crippen molar-refractivity contribution in [3.05, 3.63) is 46.2 Å². The van der Waals surface area contributed by atoms with Crippen molar-refractivity contribution in [3.63, 3.8) is 0 Å². The summed E-state index contributed by atoms with van der Waals surface area (Å²) in [7, 11) is 0. The summed E-state index contributed by atoms with van der Waals surface area (Å²) in [6, 6.07) is 4.19. The fraction of sp³-hybridized carbons (Fsp3) is 0.250. The Kier molecular flexibility index (Phi) is 3.71. The molecule has 5 heteroatoms. The van der Waals surface area contributed by atoms with Crippen molar-refractivity contribution in [2.24, 2.45) is 5.73 Å². The number of rotatable bonds is 4. The van der Waals surface area contributed by atoms with Crippen LogP contribution in [0.25, 0.3) is 0 Å². The van der Waals surface area contributed by atoms with E-state index in [1.165, 1.54) is 23.5 Å². The van der Waals surface area contributed by atoms with Gasteiger partial charge in [-0.2, -0.15) is 0 Å². The number of ether oxygens (including phenoxy) is 1. The van der Waals surface area contributed by atoms with E-state index in [1.807, 2.05) is 12.3 Å². The van der Waals surface area contributed by atoms with Crippen LogP contribution in [0.15, 0.2) is 29.8 Å². The van der Waals surface area contributed by atoms with Crippen LogP contribution in [-0.4, -0.2) is 4.98 Å². The summed E-state index contributed by atoms with van der Waals surface area (Å²) < 4.78 is 18.7. The Bertz CT molecular complexity index is 485. The predicted molar refractivity (Wildman–Crippen MR) is 65.4 cm³/mol. The second kappa shape index (κ2) is 5.25. The highest BCUT2D eigenvalue weighted by molar-refractivity contribution is 7.09. The molecule has 0 spiro atoms. The van der Waals surface area contributed by atoms with Gasteiger partial charge in [0.05, 0.1) is 0 Å². The number of aromatic nitrogens is 1. The first-order chi connectivity index (χ1) is 8.16. The molecule has 0 unspecified atom stereocenters. The first-order valence-electron chi connectivity index (χ1n) is 5.23. The highest BCUT2D eigenvalue weighted by Gasteiger charge is 2.10. The molecule has 0 amide bonds. The zero-order valence-corrected chi connectivity index (χ0v) is 10.2. The highest BCUT2D eigenvalue weighted by atomic mass is 32.1. The molecule has 1 atom stereocenters. The molecule has 1 aromatic heterocycles. The van der Waals surface area contributed by atoms with Crippen molar-refractivity contribution in [2.75, 3.05) is 0 Å². The van der Waals surface area contributed by atoms with Gasteiger partial charge in [0.15, 0.2) is 0 Å². The second-order valence-electron chi connectivity index (χ2n) is 3.69. The van der Waals surface area contributed by atoms with Gasteiger partial charge < -0.3 is 10.5 Å². The molecule has 0 bridgehead atoms. The molecule has 1 aromatic carbocycles. The summed E-state index contributed by atoms with van der Waals surface area (Å²) in [5.74, 6) is 0.152. The van der Waals surface area contributed by atoms with Crippen LogP contribution < -0.4 is 10.5 Å². The standard InChI is InChI=1S/C12H13FN2OS/c1-8(14)10-3-2-9(13)6-11(10)16-7-12-15-4-5-17-12/h2-6,8H,7,14H2,1H3/t8-/m0/s1. The minimum Gasteiger partial charge on any atom is -0.486 e. The maximum Gasteiger partial charge on any atom is 0.140 e. The van der Waals surface area contributed by atoms with Crippen molar-refractivity contribution < 1.29 is 9.13 Å². The Balaban J connectivity index is 2.16. The van der Waals surface area contributed by atoms with Crippen LogP contribution in [0.2, 0.25) is 0 Å². The van der Waals surface area contributed by atoms with Crippen LogP contribution in [0, 0.1) is 5.82 Å². The zero-order chi connectivity index (χ0) is 12.3. The molecular weight excluding hydrogens is 239 g/mol. The number of halogens is 1. The molecular formula is C12H13FN2OS. The fourth-order valence-corrected chi connectivity index (χ4v) is 2.00. The third-order valence-corrected chi connectivity index (χ3v) is 3.05. The SMILES string of the molecule is C[C@H](N)c1ccc(F)cc1OCc1nccs1. The lowest BCUT2D eigenvalue weighted by molar-refractivity contribution is 0.299. The number of benzene rings is 1. The molecule has 0 radical (unpaired) electrons. The number of nitrogens with zero attached hydrogens (tertiary/aromatic N) is 1. The quantitative estimate of drug-likeness (QED) is 0.910. The van der Waals surface area contributed by atoms with Gasteiger partial charge in [0.25, 0.3) is 0 Å². The number of hydrogen-bond donors (Lipinski definition) is 1. The van der Waals surface area contributed by atoms with E-state index in [-0.39, 0.29) is 11.9 Å². The minimum absolute atomic E-state index is 0.193. The van der Waals surface area contributed by atoms with Crippen LogP contribution >= 0.6 is 11.3 Å². The van der Waals surface area contributed by atoms with Gasteiger partial charge in [0.1, 0.15) is 23.2 Å². The third kappa shape index (κ3) is 3.01. The van der Waals surface area contributed by atoms with Gasteiger partial charge in [-0.25, -0.2) is 9.37 Å².